The van der Waals surface area contributed by atoms with Crippen molar-refractivity contribution in [3.63, 3.8) is 0 Å². The van der Waals surface area contributed by atoms with Gasteiger partial charge in [-0.05, 0) is 6.42 Å². The van der Waals surface area contributed by atoms with E-state index in [0.29, 0.717) is 0 Å². The summed E-state index contributed by atoms with van der Waals surface area (Å²) in [6, 6.07) is -3.65. The minimum atomic E-state index is -2.09. The van der Waals surface area contributed by atoms with Gasteiger partial charge in [0.05, 0.1) is 0 Å². The average molecular weight is 345 g/mol. The third-order valence-corrected chi connectivity index (χ3v) is 1.81. The molecule has 9 nitrogen and oxygen atoms in total. The van der Waals surface area contributed by atoms with Crippen molar-refractivity contribution in [1.29, 1.82) is 0 Å². The van der Waals surface area contributed by atoms with Crippen LogP contribution in [0.15, 0.2) is 0 Å². The Morgan fingerprint density at radius 2 is 1.14 bits per heavy atom. The minimum absolute atomic E-state index is 0. The maximum atomic E-state index is 10.7. The zero-order valence-electron chi connectivity index (χ0n) is 8.49. The molecule has 0 fully saturated rings. The fourth-order valence-corrected chi connectivity index (χ4v) is 0.995. The monoisotopic (exact) mass is 345 g/mol. The number of nitrogens with one attached hydrogen (secondary N) is 1. The van der Waals surface area contributed by atoms with Crippen molar-refractivity contribution in [1.82, 2.24) is 5.32 Å². The number of hydrogen-bond donors (Lipinski definition) is 5. The van der Waals surface area contributed by atoms with Crippen LogP contribution in [-0.2, 0) is 19.2 Å². The molecule has 0 aromatic carbocycles. The summed E-state index contributed by atoms with van der Waals surface area (Å²) in [6.07, 6.45) is -0.933. The molecule has 5 N–H and O–H groups in total. The van der Waals surface area contributed by atoms with E-state index >= 15 is 0 Å². The molecular formula is C8H15NNa4O8. The summed E-state index contributed by atoms with van der Waals surface area (Å²) in [6.45, 7) is 0. The summed E-state index contributed by atoms with van der Waals surface area (Å²) >= 11 is 0. The predicted molar refractivity (Wildman–Crippen MR) is 79.1 cm³/mol. The Morgan fingerprint density at radius 3 is 1.38 bits per heavy atom. The molecule has 0 rings (SSSR count). The van der Waals surface area contributed by atoms with Gasteiger partial charge in [0.15, 0.2) is 0 Å². The van der Waals surface area contributed by atoms with Gasteiger partial charge in [-0.25, -0.2) is 9.59 Å². The molecule has 0 aliphatic carbocycles. The van der Waals surface area contributed by atoms with Crippen molar-refractivity contribution in [3.05, 3.63) is 0 Å². The molecule has 0 heterocycles. The van der Waals surface area contributed by atoms with E-state index in [4.69, 9.17) is 20.4 Å². The van der Waals surface area contributed by atoms with E-state index in [1.807, 2.05) is 5.32 Å². The van der Waals surface area contributed by atoms with Gasteiger partial charge in [0.2, 0.25) is 6.04 Å². The molecule has 21 heavy (non-hydrogen) atoms. The normalized spacial score (nSPS) is 9.76. The number of hydrogen-bond acceptors (Lipinski definition) is 5. The van der Waals surface area contributed by atoms with Gasteiger partial charge >= 0.3 is 142 Å². The van der Waals surface area contributed by atoms with E-state index in [-0.39, 0.29) is 118 Å². The van der Waals surface area contributed by atoms with E-state index < -0.39 is 48.8 Å². The summed E-state index contributed by atoms with van der Waals surface area (Å²) in [5.74, 6) is -6.28. The first kappa shape index (κ1) is 34.2. The first-order chi connectivity index (χ1) is 7.75. The Labute approximate surface area is 208 Å². The van der Waals surface area contributed by atoms with Crippen LogP contribution in [-0.4, -0.2) is 175 Å². The van der Waals surface area contributed by atoms with Crippen LogP contribution in [0.4, 0.5) is 0 Å². The fraction of sp³-hybridized carbons (Fsp3) is 0.500. The topological polar surface area (TPSA) is 161 Å². The van der Waals surface area contributed by atoms with E-state index in [2.05, 4.69) is 0 Å². The van der Waals surface area contributed by atoms with Crippen LogP contribution in [0.1, 0.15) is 12.8 Å². The standard InChI is InChI=1S/C8H11NO8.4Na.4H/c10-4(11)2-1-3(6(12)13)9-5(7(14)15)8(16)17;;;;;;;;/h3,5,9H,1-2H2,(H,10,11)(H,12,13)(H,14,15)(H,16,17);;;;;;;;/t3-;;;;;;;;/m1......../s1. The van der Waals surface area contributed by atoms with Crippen molar-refractivity contribution in [2.75, 3.05) is 0 Å². The summed E-state index contributed by atoms with van der Waals surface area (Å²) in [7, 11) is 0. The molecule has 1 atom stereocenters. The molecule has 104 valence electrons. The van der Waals surface area contributed by atoms with Gasteiger partial charge in [0.1, 0.15) is 6.04 Å². The second kappa shape index (κ2) is 18.2. The van der Waals surface area contributed by atoms with Crippen LogP contribution >= 0.6 is 0 Å². The number of rotatable bonds is 8. The third kappa shape index (κ3) is 16.5. The molecule has 0 bridgehead atoms. The van der Waals surface area contributed by atoms with Crippen molar-refractivity contribution < 1.29 is 39.6 Å². The molecule has 0 aromatic heterocycles. The summed E-state index contributed by atoms with van der Waals surface area (Å²) in [4.78, 5) is 41.8. The van der Waals surface area contributed by atoms with Crippen LogP contribution in [0.3, 0.4) is 0 Å². The second-order valence-electron chi connectivity index (χ2n) is 3.10. The fourth-order valence-electron chi connectivity index (χ4n) is 0.995. The van der Waals surface area contributed by atoms with Crippen LogP contribution in [0, 0.1) is 0 Å². The van der Waals surface area contributed by atoms with E-state index in [1.54, 1.807) is 0 Å². The second-order valence-corrected chi connectivity index (χ2v) is 3.10. The quantitative estimate of drug-likeness (QED) is 0.217. The number of carboxylic acids is 4. The van der Waals surface area contributed by atoms with Gasteiger partial charge in [0.25, 0.3) is 0 Å². The Bertz CT molecular complexity index is 339. The van der Waals surface area contributed by atoms with Crippen molar-refractivity contribution in [2.45, 2.75) is 24.9 Å². The average Bonchev–Trinajstić information content (AvgIpc) is 2.15. The van der Waals surface area contributed by atoms with Crippen LogP contribution < -0.4 is 5.32 Å². The van der Waals surface area contributed by atoms with Gasteiger partial charge in [-0.3, -0.25) is 14.9 Å². The van der Waals surface area contributed by atoms with Crippen LogP contribution in [0.2, 0.25) is 0 Å². The Hall–Kier alpha value is 1.84. The van der Waals surface area contributed by atoms with Crippen molar-refractivity contribution in [3.8, 4) is 0 Å². The maximum absolute atomic E-state index is 10.7. The van der Waals surface area contributed by atoms with Crippen LogP contribution in [0.25, 0.3) is 0 Å². The van der Waals surface area contributed by atoms with Gasteiger partial charge in [-0.2, -0.15) is 0 Å². The summed E-state index contributed by atoms with van der Waals surface area (Å²) < 4.78 is 0. The molecule has 0 saturated heterocycles. The third-order valence-electron chi connectivity index (χ3n) is 1.81. The van der Waals surface area contributed by atoms with Gasteiger partial charge in [-0.1, -0.05) is 0 Å². The number of aliphatic carboxylic acids is 4. The molecule has 13 heteroatoms. The van der Waals surface area contributed by atoms with E-state index in [9.17, 15) is 19.2 Å². The van der Waals surface area contributed by atoms with E-state index in [0.717, 1.165) is 0 Å². The Morgan fingerprint density at radius 1 is 0.762 bits per heavy atom. The van der Waals surface area contributed by atoms with Gasteiger partial charge in [-0.15, -0.1) is 0 Å². The van der Waals surface area contributed by atoms with Crippen molar-refractivity contribution in [2.24, 2.45) is 0 Å². The molecule has 0 aromatic rings. The molecule has 0 unspecified atom stereocenters. The van der Waals surface area contributed by atoms with Crippen LogP contribution in [0.5, 0.6) is 0 Å². The zero-order chi connectivity index (χ0) is 13.6. The van der Waals surface area contributed by atoms with Crippen molar-refractivity contribution >= 4 is 142 Å². The van der Waals surface area contributed by atoms with E-state index in [1.165, 1.54) is 0 Å². The zero-order valence-corrected chi connectivity index (χ0v) is 8.49. The van der Waals surface area contributed by atoms with Gasteiger partial charge in [0, 0.05) is 6.42 Å². The van der Waals surface area contributed by atoms with Gasteiger partial charge < -0.3 is 20.4 Å². The Balaban J connectivity index is -0.000000213. The first-order valence-corrected chi connectivity index (χ1v) is 4.42. The predicted octanol–water partition coefficient (Wildman–Crippen LogP) is -4.16. The summed E-state index contributed by atoms with van der Waals surface area (Å²) in [5, 5.41) is 35.8. The number of carbonyl (C=O) groups is 4. The summed E-state index contributed by atoms with van der Waals surface area (Å²) in [5.41, 5.74) is 0. The molecule has 0 aliphatic heterocycles. The molecule has 0 radical (unpaired) electrons. The Kier molecular flexibility index (Phi) is 29.6. The number of carboxylic acid groups (broad SMARTS) is 4. The molecule has 0 aliphatic rings. The molecule has 0 amide bonds. The molecule has 0 saturated carbocycles. The molecule has 0 spiro atoms. The molecular weight excluding hydrogens is 330 g/mol. The SMILES string of the molecule is O=C(O)CC[C@@H](NC(C(=O)O)C(=O)O)C(=O)O.[NaH].[NaH].[NaH].[NaH]. The first-order valence-electron chi connectivity index (χ1n) is 4.42.